The van der Waals surface area contributed by atoms with Crippen LogP contribution < -0.4 is 5.73 Å². The van der Waals surface area contributed by atoms with E-state index in [2.05, 4.69) is 16.9 Å². The molecule has 92 valence electrons. The van der Waals surface area contributed by atoms with Crippen LogP contribution in [0.4, 0.5) is 5.95 Å². The predicted octanol–water partition coefficient (Wildman–Crippen LogP) is 1.92. The molecule has 0 saturated heterocycles. The summed E-state index contributed by atoms with van der Waals surface area (Å²) in [6, 6.07) is 4.13. The molecule has 0 aliphatic heterocycles. The van der Waals surface area contributed by atoms with Crippen LogP contribution in [0.15, 0.2) is 12.1 Å². The number of methoxy groups -OCH3 is 1. The third-order valence-corrected chi connectivity index (χ3v) is 2.88. The molecule has 1 atom stereocenters. The predicted molar refractivity (Wildman–Crippen MR) is 67.9 cm³/mol. The van der Waals surface area contributed by atoms with Crippen LogP contribution in [0, 0.1) is 6.92 Å². The molecule has 2 heterocycles. The van der Waals surface area contributed by atoms with Gasteiger partial charge in [0.25, 0.3) is 0 Å². The molecule has 0 amide bonds. The Morgan fingerprint density at radius 1 is 1.41 bits per heavy atom. The number of imidazole rings is 1. The Morgan fingerprint density at radius 2 is 2.18 bits per heavy atom. The van der Waals surface area contributed by atoms with E-state index >= 15 is 0 Å². The number of nitrogens with zero attached hydrogens (tertiary/aromatic N) is 3. The van der Waals surface area contributed by atoms with Gasteiger partial charge in [-0.2, -0.15) is 0 Å². The average molecular weight is 234 g/mol. The number of aryl methyl sites for hydroxylation is 1. The zero-order chi connectivity index (χ0) is 12.4. The van der Waals surface area contributed by atoms with Crippen LogP contribution in [-0.4, -0.2) is 28.3 Å². The fourth-order valence-electron chi connectivity index (χ4n) is 1.94. The Morgan fingerprint density at radius 3 is 2.88 bits per heavy atom. The van der Waals surface area contributed by atoms with Gasteiger partial charge >= 0.3 is 0 Å². The van der Waals surface area contributed by atoms with Crippen molar-refractivity contribution in [2.24, 2.45) is 0 Å². The van der Waals surface area contributed by atoms with Gasteiger partial charge in [-0.1, -0.05) is 0 Å². The fraction of sp³-hybridized carbons (Fsp3) is 0.500. The number of aromatic nitrogens is 3. The molecule has 0 spiro atoms. The molecule has 0 aromatic carbocycles. The quantitative estimate of drug-likeness (QED) is 0.877. The van der Waals surface area contributed by atoms with Crippen molar-refractivity contribution in [1.82, 2.24) is 14.5 Å². The molecule has 5 heteroatoms. The highest BCUT2D eigenvalue weighted by Crippen LogP contribution is 2.23. The average Bonchev–Trinajstić information content (AvgIpc) is 2.61. The van der Waals surface area contributed by atoms with Crippen molar-refractivity contribution in [3.8, 4) is 0 Å². The first-order valence-electron chi connectivity index (χ1n) is 5.73. The van der Waals surface area contributed by atoms with Crippen molar-refractivity contribution in [1.29, 1.82) is 0 Å². The van der Waals surface area contributed by atoms with Gasteiger partial charge in [0, 0.05) is 25.5 Å². The van der Waals surface area contributed by atoms with E-state index in [1.165, 1.54) is 0 Å². The highest BCUT2D eigenvalue weighted by molar-refractivity contribution is 5.74. The molecule has 2 rings (SSSR count). The second kappa shape index (κ2) is 4.71. The van der Waals surface area contributed by atoms with Crippen molar-refractivity contribution in [3.63, 3.8) is 0 Å². The summed E-state index contributed by atoms with van der Waals surface area (Å²) < 4.78 is 7.06. The molecule has 0 saturated carbocycles. The van der Waals surface area contributed by atoms with Crippen LogP contribution in [0.3, 0.4) is 0 Å². The molecule has 2 aromatic rings. The Hall–Kier alpha value is -1.62. The number of pyridine rings is 1. The van der Waals surface area contributed by atoms with Gasteiger partial charge < -0.3 is 10.5 Å². The molecular weight excluding hydrogens is 216 g/mol. The second-order valence-electron chi connectivity index (χ2n) is 4.27. The number of rotatable bonds is 4. The SMILES string of the molecule is COCCC(C)n1c(N)nc2ccc(C)nc21. The van der Waals surface area contributed by atoms with Crippen LogP contribution in [0.2, 0.25) is 0 Å². The molecule has 17 heavy (non-hydrogen) atoms. The summed E-state index contributed by atoms with van der Waals surface area (Å²) in [4.78, 5) is 8.83. The minimum absolute atomic E-state index is 0.231. The number of anilines is 1. The number of hydrogen-bond acceptors (Lipinski definition) is 4. The minimum Gasteiger partial charge on any atom is -0.385 e. The Labute approximate surface area is 101 Å². The standard InChI is InChI=1S/C12H18N4O/c1-8-4-5-10-11(14-8)16(12(13)15-10)9(2)6-7-17-3/h4-5,9H,6-7H2,1-3H3,(H2,13,15). The van der Waals surface area contributed by atoms with Crippen LogP contribution in [-0.2, 0) is 4.74 Å². The van der Waals surface area contributed by atoms with Gasteiger partial charge in [0.05, 0.1) is 0 Å². The summed E-state index contributed by atoms with van der Waals surface area (Å²) in [6.07, 6.45) is 0.891. The Bertz CT molecular complexity index is 520. The summed E-state index contributed by atoms with van der Waals surface area (Å²) in [5, 5.41) is 0. The zero-order valence-electron chi connectivity index (χ0n) is 10.5. The third-order valence-electron chi connectivity index (χ3n) is 2.88. The van der Waals surface area contributed by atoms with Crippen molar-refractivity contribution < 1.29 is 4.74 Å². The fourth-order valence-corrected chi connectivity index (χ4v) is 1.94. The number of fused-ring (bicyclic) bond motifs is 1. The number of nitrogen functional groups attached to an aromatic ring is 1. The summed E-state index contributed by atoms with van der Waals surface area (Å²) in [5.41, 5.74) is 8.61. The highest BCUT2D eigenvalue weighted by Gasteiger charge is 2.14. The minimum atomic E-state index is 0.231. The summed E-state index contributed by atoms with van der Waals surface area (Å²) in [5.74, 6) is 0.515. The van der Waals surface area contributed by atoms with E-state index in [1.807, 2.05) is 23.6 Å². The lowest BCUT2D eigenvalue weighted by atomic mass is 10.2. The second-order valence-corrected chi connectivity index (χ2v) is 4.27. The van der Waals surface area contributed by atoms with E-state index in [0.717, 1.165) is 23.3 Å². The van der Waals surface area contributed by atoms with Crippen molar-refractivity contribution in [2.75, 3.05) is 19.5 Å². The summed E-state index contributed by atoms with van der Waals surface area (Å²) in [7, 11) is 1.70. The molecular formula is C12H18N4O. The van der Waals surface area contributed by atoms with Crippen LogP contribution in [0.5, 0.6) is 0 Å². The molecule has 0 aliphatic carbocycles. The van der Waals surface area contributed by atoms with Crippen LogP contribution in [0.1, 0.15) is 25.1 Å². The van der Waals surface area contributed by atoms with Crippen LogP contribution >= 0.6 is 0 Å². The largest absolute Gasteiger partial charge is 0.385 e. The highest BCUT2D eigenvalue weighted by atomic mass is 16.5. The first kappa shape index (κ1) is 11.9. The molecule has 1 unspecified atom stereocenters. The molecule has 0 radical (unpaired) electrons. The first-order valence-corrected chi connectivity index (χ1v) is 5.73. The molecule has 0 bridgehead atoms. The van der Waals surface area contributed by atoms with Gasteiger partial charge in [-0.05, 0) is 32.4 Å². The van der Waals surface area contributed by atoms with E-state index in [4.69, 9.17) is 10.5 Å². The van der Waals surface area contributed by atoms with Gasteiger partial charge in [-0.3, -0.25) is 4.57 Å². The normalized spacial score (nSPS) is 13.1. The molecule has 2 aromatic heterocycles. The Balaban J connectivity index is 2.44. The zero-order valence-corrected chi connectivity index (χ0v) is 10.5. The number of ether oxygens (including phenoxy) is 1. The van der Waals surface area contributed by atoms with Gasteiger partial charge in [0.2, 0.25) is 5.95 Å². The lowest BCUT2D eigenvalue weighted by Crippen LogP contribution is -2.11. The van der Waals surface area contributed by atoms with Crippen molar-refractivity contribution in [2.45, 2.75) is 26.3 Å². The van der Waals surface area contributed by atoms with E-state index in [0.29, 0.717) is 12.6 Å². The van der Waals surface area contributed by atoms with Gasteiger partial charge in [0.1, 0.15) is 5.52 Å². The lowest BCUT2D eigenvalue weighted by Gasteiger charge is -2.14. The van der Waals surface area contributed by atoms with E-state index in [1.54, 1.807) is 7.11 Å². The van der Waals surface area contributed by atoms with Crippen molar-refractivity contribution >= 4 is 17.1 Å². The van der Waals surface area contributed by atoms with E-state index < -0.39 is 0 Å². The lowest BCUT2D eigenvalue weighted by molar-refractivity contribution is 0.182. The summed E-state index contributed by atoms with van der Waals surface area (Å²) in [6.45, 7) is 4.76. The van der Waals surface area contributed by atoms with Crippen molar-refractivity contribution in [3.05, 3.63) is 17.8 Å². The van der Waals surface area contributed by atoms with Gasteiger partial charge in [0.15, 0.2) is 5.65 Å². The van der Waals surface area contributed by atoms with E-state index in [9.17, 15) is 0 Å². The molecule has 0 fully saturated rings. The first-order chi connectivity index (χ1) is 8.13. The molecule has 5 nitrogen and oxygen atoms in total. The monoisotopic (exact) mass is 234 g/mol. The maximum absolute atomic E-state index is 5.95. The Kier molecular flexibility index (Phi) is 3.28. The maximum atomic E-state index is 5.95. The number of hydrogen-bond donors (Lipinski definition) is 1. The summed E-state index contributed by atoms with van der Waals surface area (Å²) >= 11 is 0. The molecule has 2 N–H and O–H groups in total. The van der Waals surface area contributed by atoms with Crippen LogP contribution in [0.25, 0.3) is 11.2 Å². The number of nitrogens with two attached hydrogens (primary N) is 1. The maximum Gasteiger partial charge on any atom is 0.202 e. The molecule has 0 aliphatic rings. The van der Waals surface area contributed by atoms with Gasteiger partial charge in [-0.25, -0.2) is 9.97 Å². The topological polar surface area (TPSA) is 66.0 Å². The third kappa shape index (κ3) is 2.24. The van der Waals surface area contributed by atoms with Gasteiger partial charge in [-0.15, -0.1) is 0 Å². The van der Waals surface area contributed by atoms with E-state index in [-0.39, 0.29) is 6.04 Å². The smallest absolute Gasteiger partial charge is 0.202 e.